The zero-order chi connectivity index (χ0) is 10.3. The van der Waals surface area contributed by atoms with E-state index in [0.717, 1.165) is 5.92 Å². The SMILES string of the molecule is Fc1ccc(C2CN3CCC2CC3)cc1. The summed E-state index contributed by atoms with van der Waals surface area (Å²) in [5.41, 5.74) is 1.32. The molecule has 2 bridgehead atoms. The van der Waals surface area contributed by atoms with Gasteiger partial charge < -0.3 is 4.90 Å². The van der Waals surface area contributed by atoms with E-state index < -0.39 is 0 Å². The summed E-state index contributed by atoms with van der Waals surface area (Å²) in [6, 6.07) is 7.10. The number of benzene rings is 1. The van der Waals surface area contributed by atoms with E-state index in [1.54, 1.807) is 12.1 Å². The third-order valence-electron chi connectivity index (χ3n) is 3.95. The van der Waals surface area contributed by atoms with Gasteiger partial charge in [-0.25, -0.2) is 4.39 Å². The number of rotatable bonds is 1. The lowest BCUT2D eigenvalue weighted by Gasteiger charge is -2.45. The minimum Gasteiger partial charge on any atom is -0.303 e. The van der Waals surface area contributed by atoms with Crippen molar-refractivity contribution in [3.8, 4) is 0 Å². The molecule has 0 radical (unpaired) electrons. The van der Waals surface area contributed by atoms with E-state index in [9.17, 15) is 4.39 Å². The molecule has 0 saturated carbocycles. The van der Waals surface area contributed by atoms with Crippen LogP contribution in [0, 0.1) is 11.7 Å². The van der Waals surface area contributed by atoms with Gasteiger partial charge in [0.05, 0.1) is 0 Å². The predicted molar refractivity (Wildman–Crippen MR) is 58.3 cm³/mol. The molecule has 15 heavy (non-hydrogen) atoms. The van der Waals surface area contributed by atoms with Gasteiger partial charge in [0.15, 0.2) is 0 Å². The fraction of sp³-hybridized carbons (Fsp3) is 0.538. The maximum atomic E-state index is 12.8. The third-order valence-corrected chi connectivity index (χ3v) is 3.95. The van der Waals surface area contributed by atoms with Gasteiger partial charge in [-0.05, 0) is 55.5 Å². The van der Waals surface area contributed by atoms with E-state index in [0.29, 0.717) is 5.92 Å². The summed E-state index contributed by atoms with van der Waals surface area (Å²) in [7, 11) is 0. The Bertz CT molecular complexity index is 338. The van der Waals surface area contributed by atoms with Crippen molar-refractivity contribution in [3.05, 3.63) is 35.6 Å². The molecular weight excluding hydrogens is 189 g/mol. The second kappa shape index (κ2) is 3.60. The van der Waals surface area contributed by atoms with E-state index in [4.69, 9.17) is 0 Å². The first-order valence-corrected chi connectivity index (χ1v) is 5.81. The summed E-state index contributed by atoms with van der Waals surface area (Å²) in [5.74, 6) is 1.36. The highest BCUT2D eigenvalue weighted by Crippen LogP contribution is 2.38. The molecule has 0 aromatic heterocycles. The minimum atomic E-state index is -0.125. The van der Waals surface area contributed by atoms with Gasteiger partial charge in [0.25, 0.3) is 0 Å². The second-order valence-electron chi connectivity index (χ2n) is 4.80. The summed E-state index contributed by atoms with van der Waals surface area (Å²) in [6.45, 7) is 3.71. The summed E-state index contributed by atoms with van der Waals surface area (Å²) in [4.78, 5) is 2.54. The zero-order valence-corrected chi connectivity index (χ0v) is 8.82. The number of nitrogens with zero attached hydrogens (tertiary/aromatic N) is 1. The number of piperidine rings is 3. The molecule has 3 aliphatic heterocycles. The lowest BCUT2D eigenvalue weighted by Crippen LogP contribution is -2.46. The van der Waals surface area contributed by atoms with E-state index in [1.807, 2.05) is 12.1 Å². The normalized spacial score (nSPS) is 34.3. The van der Waals surface area contributed by atoms with Crippen LogP contribution in [0.2, 0.25) is 0 Å². The van der Waals surface area contributed by atoms with Crippen LogP contribution >= 0.6 is 0 Å². The van der Waals surface area contributed by atoms with Crippen LogP contribution in [0.5, 0.6) is 0 Å². The zero-order valence-electron chi connectivity index (χ0n) is 8.82. The van der Waals surface area contributed by atoms with Crippen LogP contribution in [-0.4, -0.2) is 24.5 Å². The molecule has 0 N–H and O–H groups in total. The van der Waals surface area contributed by atoms with Gasteiger partial charge >= 0.3 is 0 Å². The third kappa shape index (κ3) is 1.67. The van der Waals surface area contributed by atoms with Gasteiger partial charge in [0, 0.05) is 6.54 Å². The molecule has 80 valence electrons. The monoisotopic (exact) mass is 205 g/mol. The highest BCUT2D eigenvalue weighted by Gasteiger charge is 2.34. The van der Waals surface area contributed by atoms with Crippen LogP contribution in [0.25, 0.3) is 0 Å². The topological polar surface area (TPSA) is 3.24 Å². The fourth-order valence-corrected chi connectivity index (χ4v) is 3.05. The maximum absolute atomic E-state index is 12.8. The molecule has 0 amide bonds. The maximum Gasteiger partial charge on any atom is 0.123 e. The quantitative estimate of drug-likeness (QED) is 0.681. The smallest absolute Gasteiger partial charge is 0.123 e. The first kappa shape index (κ1) is 9.34. The molecule has 4 rings (SSSR count). The lowest BCUT2D eigenvalue weighted by atomic mass is 9.75. The van der Waals surface area contributed by atoms with Gasteiger partial charge in [-0.3, -0.25) is 0 Å². The number of fused-ring (bicyclic) bond motifs is 3. The molecular formula is C13H16FN. The van der Waals surface area contributed by atoms with Crippen molar-refractivity contribution < 1.29 is 4.39 Å². The Labute approximate surface area is 89.9 Å². The highest BCUT2D eigenvalue weighted by molar-refractivity contribution is 5.23. The molecule has 0 aliphatic carbocycles. The average Bonchev–Trinajstić information content (AvgIpc) is 2.31. The molecule has 1 atom stereocenters. The largest absolute Gasteiger partial charge is 0.303 e. The molecule has 1 unspecified atom stereocenters. The second-order valence-corrected chi connectivity index (χ2v) is 4.80. The standard InChI is InChI=1S/C13H16FN/c14-12-3-1-10(2-4-12)13-9-15-7-5-11(13)6-8-15/h1-4,11,13H,5-9H2. The Hall–Kier alpha value is -0.890. The van der Waals surface area contributed by atoms with Crippen LogP contribution in [0.3, 0.4) is 0 Å². The molecule has 3 aliphatic rings. The Kier molecular flexibility index (Phi) is 2.24. The van der Waals surface area contributed by atoms with E-state index in [2.05, 4.69) is 4.90 Å². The first-order valence-electron chi connectivity index (χ1n) is 5.81. The molecule has 0 spiro atoms. The highest BCUT2D eigenvalue weighted by atomic mass is 19.1. The minimum absolute atomic E-state index is 0.125. The van der Waals surface area contributed by atoms with Crippen molar-refractivity contribution in [2.75, 3.05) is 19.6 Å². The summed E-state index contributed by atoms with van der Waals surface area (Å²) < 4.78 is 12.8. The summed E-state index contributed by atoms with van der Waals surface area (Å²) in [6.07, 6.45) is 2.64. The van der Waals surface area contributed by atoms with Crippen molar-refractivity contribution in [1.82, 2.24) is 4.90 Å². The van der Waals surface area contributed by atoms with Crippen LogP contribution < -0.4 is 0 Å². The van der Waals surface area contributed by atoms with E-state index in [1.165, 1.54) is 38.0 Å². The number of hydrogen-bond acceptors (Lipinski definition) is 1. The van der Waals surface area contributed by atoms with Crippen molar-refractivity contribution in [2.24, 2.45) is 5.92 Å². The molecule has 2 heteroatoms. The van der Waals surface area contributed by atoms with Crippen molar-refractivity contribution in [2.45, 2.75) is 18.8 Å². The molecule has 1 aromatic rings. The fourth-order valence-electron chi connectivity index (χ4n) is 3.05. The van der Waals surface area contributed by atoms with Gasteiger partial charge in [-0.15, -0.1) is 0 Å². The van der Waals surface area contributed by atoms with Gasteiger partial charge in [-0.2, -0.15) is 0 Å². The van der Waals surface area contributed by atoms with Crippen LogP contribution in [-0.2, 0) is 0 Å². The van der Waals surface area contributed by atoms with E-state index in [-0.39, 0.29) is 5.82 Å². The molecule has 3 saturated heterocycles. The van der Waals surface area contributed by atoms with Gasteiger partial charge in [-0.1, -0.05) is 12.1 Å². The number of hydrogen-bond donors (Lipinski definition) is 0. The molecule has 3 heterocycles. The first-order chi connectivity index (χ1) is 7.33. The Morgan fingerprint density at radius 1 is 1.07 bits per heavy atom. The van der Waals surface area contributed by atoms with Crippen LogP contribution in [0.4, 0.5) is 4.39 Å². The molecule has 1 aromatic carbocycles. The predicted octanol–water partition coefficient (Wildman–Crippen LogP) is 2.63. The van der Waals surface area contributed by atoms with Crippen LogP contribution in [0.15, 0.2) is 24.3 Å². The Morgan fingerprint density at radius 3 is 2.27 bits per heavy atom. The van der Waals surface area contributed by atoms with Crippen molar-refractivity contribution >= 4 is 0 Å². The number of halogens is 1. The van der Waals surface area contributed by atoms with Crippen molar-refractivity contribution in [3.63, 3.8) is 0 Å². The molecule has 1 nitrogen and oxygen atoms in total. The molecule has 3 fully saturated rings. The Balaban J connectivity index is 1.85. The lowest BCUT2D eigenvalue weighted by molar-refractivity contribution is 0.0871. The summed E-state index contributed by atoms with van der Waals surface area (Å²) >= 11 is 0. The van der Waals surface area contributed by atoms with Crippen molar-refractivity contribution in [1.29, 1.82) is 0 Å². The van der Waals surface area contributed by atoms with E-state index >= 15 is 0 Å². The van der Waals surface area contributed by atoms with Crippen LogP contribution in [0.1, 0.15) is 24.3 Å². The Morgan fingerprint density at radius 2 is 1.73 bits per heavy atom. The summed E-state index contributed by atoms with van der Waals surface area (Å²) in [5, 5.41) is 0. The van der Waals surface area contributed by atoms with Gasteiger partial charge in [0.1, 0.15) is 5.82 Å². The van der Waals surface area contributed by atoms with Gasteiger partial charge in [0.2, 0.25) is 0 Å². The average molecular weight is 205 g/mol.